The Kier molecular flexibility index (Phi) is 5.79. The lowest BCUT2D eigenvalue weighted by Crippen LogP contribution is -2.48. The van der Waals surface area contributed by atoms with E-state index in [0.717, 1.165) is 80.4 Å². The molecule has 0 bridgehead atoms. The molecule has 0 atom stereocenters. The molecule has 1 aromatic carbocycles. The SMILES string of the molecule is CC(=O)N1CCN(c2cccc(-c3c(C)nc4ccc(C(=O)N5CCCCC5)cn34)c2)CC1. The molecule has 0 spiro atoms. The molecule has 2 aromatic heterocycles. The van der Waals surface area contributed by atoms with Crippen LogP contribution < -0.4 is 4.90 Å². The topological polar surface area (TPSA) is 61.2 Å². The van der Waals surface area contributed by atoms with E-state index in [1.807, 2.05) is 35.1 Å². The van der Waals surface area contributed by atoms with Crippen LogP contribution in [0.25, 0.3) is 16.9 Å². The zero-order valence-electron chi connectivity index (χ0n) is 19.5. The van der Waals surface area contributed by atoms with E-state index < -0.39 is 0 Å². The van der Waals surface area contributed by atoms with Gasteiger partial charge >= 0.3 is 0 Å². The van der Waals surface area contributed by atoms with Gasteiger partial charge in [-0.2, -0.15) is 0 Å². The molecule has 2 saturated heterocycles. The van der Waals surface area contributed by atoms with Crippen LogP contribution in [-0.4, -0.2) is 70.3 Å². The number of pyridine rings is 1. The van der Waals surface area contributed by atoms with Crippen LogP contribution in [-0.2, 0) is 4.79 Å². The lowest BCUT2D eigenvalue weighted by Gasteiger charge is -2.35. The van der Waals surface area contributed by atoms with E-state index in [2.05, 4.69) is 33.6 Å². The van der Waals surface area contributed by atoms with Crippen LogP contribution in [0.15, 0.2) is 42.6 Å². The van der Waals surface area contributed by atoms with Gasteiger partial charge in [0.1, 0.15) is 5.65 Å². The molecule has 2 fully saturated rings. The maximum Gasteiger partial charge on any atom is 0.255 e. The Morgan fingerprint density at radius 1 is 0.879 bits per heavy atom. The molecule has 2 aliphatic rings. The lowest BCUT2D eigenvalue weighted by molar-refractivity contribution is -0.129. The van der Waals surface area contributed by atoms with Gasteiger partial charge in [-0.05, 0) is 50.5 Å². The molecule has 0 aliphatic carbocycles. The number of aromatic nitrogens is 2. The fourth-order valence-corrected chi connectivity index (χ4v) is 5.05. The summed E-state index contributed by atoms with van der Waals surface area (Å²) in [5.41, 5.74) is 5.73. The van der Waals surface area contributed by atoms with Gasteiger partial charge in [-0.1, -0.05) is 12.1 Å². The summed E-state index contributed by atoms with van der Waals surface area (Å²) in [6.45, 7) is 8.47. The lowest BCUT2D eigenvalue weighted by atomic mass is 10.1. The van der Waals surface area contributed by atoms with Gasteiger partial charge in [-0.3, -0.25) is 14.0 Å². The summed E-state index contributed by atoms with van der Waals surface area (Å²) in [7, 11) is 0. The highest BCUT2D eigenvalue weighted by molar-refractivity contribution is 5.94. The van der Waals surface area contributed by atoms with Crippen LogP contribution in [0, 0.1) is 6.92 Å². The summed E-state index contributed by atoms with van der Waals surface area (Å²) in [6.07, 6.45) is 5.31. The first-order valence-corrected chi connectivity index (χ1v) is 11.9. The summed E-state index contributed by atoms with van der Waals surface area (Å²) in [5, 5.41) is 0. The molecular formula is C26H31N5O2. The molecular weight excluding hydrogens is 414 g/mol. The fraction of sp³-hybridized carbons (Fsp3) is 0.423. The van der Waals surface area contributed by atoms with Gasteiger partial charge in [0, 0.05) is 63.6 Å². The fourth-order valence-electron chi connectivity index (χ4n) is 5.05. The zero-order valence-corrected chi connectivity index (χ0v) is 19.5. The van der Waals surface area contributed by atoms with Crippen molar-refractivity contribution in [2.45, 2.75) is 33.1 Å². The van der Waals surface area contributed by atoms with E-state index in [4.69, 9.17) is 4.98 Å². The highest BCUT2D eigenvalue weighted by Gasteiger charge is 2.22. The molecule has 2 amide bonds. The summed E-state index contributed by atoms with van der Waals surface area (Å²) >= 11 is 0. The van der Waals surface area contributed by atoms with Gasteiger partial charge < -0.3 is 14.7 Å². The summed E-state index contributed by atoms with van der Waals surface area (Å²) in [6, 6.07) is 12.3. The molecule has 0 N–H and O–H groups in total. The smallest absolute Gasteiger partial charge is 0.255 e. The monoisotopic (exact) mass is 445 g/mol. The minimum Gasteiger partial charge on any atom is -0.368 e. The Bertz CT molecular complexity index is 1190. The van der Waals surface area contributed by atoms with Gasteiger partial charge in [0.05, 0.1) is 17.0 Å². The van der Waals surface area contributed by atoms with Crippen molar-refractivity contribution in [2.75, 3.05) is 44.2 Å². The second kappa shape index (κ2) is 8.89. The maximum absolute atomic E-state index is 13.1. The normalized spacial score (nSPS) is 17.0. The average Bonchev–Trinajstić information content (AvgIpc) is 3.19. The largest absolute Gasteiger partial charge is 0.368 e. The number of nitrogens with zero attached hydrogens (tertiary/aromatic N) is 5. The van der Waals surface area contributed by atoms with E-state index in [1.165, 1.54) is 6.42 Å². The molecule has 0 radical (unpaired) electrons. The number of piperidine rings is 1. The van der Waals surface area contributed by atoms with Crippen molar-refractivity contribution in [3.05, 3.63) is 53.9 Å². The molecule has 0 unspecified atom stereocenters. The molecule has 7 heteroatoms. The number of carbonyl (C=O) groups is 2. The highest BCUT2D eigenvalue weighted by atomic mass is 16.2. The summed E-state index contributed by atoms with van der Waals surface area (Å²) in [5.74, 6) is 0.241. The predicted molar refractivity (Wildman–Crippen MR) is 130 cm³/mol. The van der Waals surface area contributed by atoms with Gasteiger partial charge in [0.15, 0.2) is 0 Å². The van der Waals surface area contributed by atoms with Gasteiger partial charge in [0.2, 0.25) is 5.91 Å². The quantitative estimate of drug-likeness (QED) is 0.618. The van der Waals surface area contributed by atoms with Crippen molar-refractivity contribution in [2.24, 2.45) is 0 Å². The van der Waals surface area contributed by atoms with Crippen molar-refractivity contribution in [1.82, 2.24) is 19.2 Å². The van der Waals surface area contributed by atoms with Crippen molar-refractivity contribution >= 4 is 23.1 Å². The van der Waals surface area contributed by atoms with Crippen LogP contribution in [0.1, 0.15) is 42.2 Å². The van der Waals surface area contributed by atoms with Crippen molar-refractivity contribution in [3.63, 3.8) is 0 Å². The van der Waals surface area contributed by atoms with Gasteiger partial charge in [0.25, 0.3) is 5.91 Å². The number of fused-ring (bicyclic) bond motifs is 1. The minimum atomic E-state index is 0.103. The molecule has 3 aromatic rings. The number of amides is 2. The molecule has 172 valence electrons. The standard InChI is InChI=1S/C26H31N5O2/c1-19-25(21-7-6-8-23(17-21)29-15-13-28(14-16-29)20(2)32)31-18-22(9-10-24(31)27-19)26(33)30-11-4-3-5-12-30/h6-10,17-18H,3-5,11-16H2,1-2H3. The van der Waals surface area contributed by atoms with Gasteiger partial charge in [-0.25, -0.2) is 4.98 Å². The predicted octanol–water partition coefficient (Wildman–Crippen LogP) is 3.60. The summed E-state index contributed by atoms with van der Waals surface area (Å²) in [4.78, 5) is 35.7. The van der Waals surface area contributed by atoms with Crippen LogP contribution in [0.5, 0.6) is 0 Å². The number of benzene rings is 1. The number of imidazole rings is 1. The number of rotatable bonds is 3. The van der Waals surface area contributed by atoms with E-state index in [9.17, 15) is 9.59 Å². The summed E-state index contributed by atoms with van der Waals surface area (Å²) < 4.78 is 2.05. The number of likely N-dealkylation sites (tertiary alicyclic amines) is 1. The van der Waals surface area contributed by atoms with Crippen LogP contribution in [0.4, 0.5) is 5.69 Å². The number of hydrogen-bond acceptors (Lipinski definition) is 4. The van der Waals surface area contributed by atoms with E-state index in [1.54, 1.807) is 6.92 Å². The zero-order chi connectivity index (χ0) is 22.9. The molecule has 0 saturated carbocycles. The number of piperazine rings is 1. The van der Waals surface area contributed by atoms with Crippen molar-refractivity contribution in [3.8, 4) is 11.3 Å². The number of hydrogen-bond donors (Lipinski definition) is 0. The third kappa shape index (κ3) is 4.19. The van der Waals surface area contributed by atoms with E-state index in [-0.39, 0.29) is 11.8 Å². The molecule has 2 aliphatic heterocycles. The Morgan fingerprint density at radius 2 is 1.64 bits per heavy atom. The Morgan fingerprint density at radius 3 is 2.36 bits per heavy atom. The second-order valence-corrected chi connectivity index (χ2v) is 9.09. The number of aryl methyl sites for hydroxylation is 1. The Hall–Kier alpha value is -3.35. The highest BCUT2D eigenvalue weighted by Crippen LogP contribution is 2.29. The van der Waals surface area contributed by atoms with Crippen LogP contribution in [0.2, 0.25) is 0 Å². The minimum absolute atomic E-state index is 0.103. The number of carbonyl (C=O) groups excluding carboxylic acids is 2. The van der Waals surface area contributed by atoms with Crippen molar-refractivity contribution < 1.29 is 9.59 Å². The number of anilines is 1. The average molecular weight is 446 g/mol. The van der Waals surface area contributed by atoms with Crippen LogP contribution in [0.3, 0.4) is 0 Å². The Balaban J connectivity index is 1.46. The maximum atomic E-state index is 13.1. The first kappa shape index (κ1) is 21.5. The van der Waals surface area contributed by atoms with Crippen molar-refractivity contribution in [1.29, 1.82) is 0 Å². The van der Waals surface area contributed by atoms with Crippen LogP contribution >= 0.6 is 0 Å². The molecule has 7 nitrogen and oxygen atoms in total. The first-order chi connectivity index (χ1) is 16.0. The van der Waals surface area contributed by atoms with Gasteiger partial charge in [-0.15, -0.1) is 0 Å². The van der Waals surface area contributed by atoms with E-state index in [0.29, 0.717) is 5.56 Å². The van der Waals surface area contributed by atoms with E-state index >= 15 is 0 Å². The second-order valence-electron chi connectivity index (χ2n) is 9.09. The first-order valence-electron chi connectivity index (χ1n) is 11.9. The molecule has 4 heterocycles. The third-order valence-corrected chi connectivity index (χ3v) is 6.89. The molecule has 33 heavy (non-hydrogen) atoms. The molecule has 5 rings (SSSR count). The third-order valence-electron chi connectivity index (χ3n) is 6.89. The Labute approximate surface area is 194 Å².